The Balaban J connectivity index is 0.000001000. The Bertz CT molecular complexity index is 283. The van der Waals surface area contributed by atoms with Crippen LogP contribution in [0.1, 0.15) is 13.9 Å². The predicted molar refractivity (Wildman–Crippen MR) is 43.9 cm³/mol. The molecular formula is C8H11NO. The van der Waals surface area contributed by atoms with Crippen molar-refractivity contribution < 1.29 is 1.43 Å². The van der Waals surface area contributed by atoms with Gasteiger partial charge in [-0.1, -0.05) is 6.58 Å². The van der Waals surface area contributed by atoms with E-state index in [-0.39, 0.29) is 6.99 Å². The van der Waals surface area contributed by atoms with Crippen molar-refractivity contribution in [2.24, 2.45) is 0 Å². The molecule has 0 bridgehead atoms. The number of hydrogen-bond donors (Lipinski definition) is 1. The van der Waals surface area contributed by atoms with Crippen molar-refractivity contribution in [2.45, 2.75) is 6.92 Å². The molecule has 0 unspecified atom stereocenters. The normalized spacial score (nSPS) is 9.30. The molecule has 0 aliphatic carbocycles. The number of hydrogen-bond acceptors (Lipinski definition) is 1. The molecule has 0 aromatic carbocycles. The minimum Gasteiger partial charge on any atom is -0.329 e. The van der Waals surface area contributed by atoms with Crippen LogP contribution in [0.15, 0.2) is 29.7 Å². The van der Waals surface area contributed by atoms with E-state index in [9.17, 15) is 4.79 Å². The van der Waals surface area contributed by atoms with E-state index in [0.717, 1.165) is 11.1 Å². The summed E-state index contributed by atoms with van der Waals surface area (Å²) in [5.41, 5.74) is 1.85. The second-order valence-corrected chi connectivity index (χ2v) is 2.22. The molecule has 2 heteroatoms. The fourth-order valence-corrected chi connectivity index (χ4v) is 0.676. The average Bonchev–Trinajstić information content (AvgIpc) is 1.88. The van der Waals surface area contributed by atoms with Crippen LogP contribution in [0.4, 0.5) is 0 Å². The minimum absolute atomic E-state index is 0. The summed E-state index contributed by atoms with van der Waals surface area (Å²) in [5.74, 6) is 0. The highest BCUT2D eigenvalue weighted by molar-refractivity contribution is 5.59. The first kappa shape index (κ1) is 6.81. The van der Waals surface area contributed by atoms with Gasteiger partial charge in [0.15, 0.2) is 0 Å². The molecule has 0 saturated heterocycles. The van der Waals surface area contributed by atoms with E-state index < -0.39 is 0 Å². The topological polar surface area (TPSA) is 32.9 Å². The Morgan fingerprint density at radius 2 is 2.40 bits per heavy atom. The Kier molecular flexibility index (Phi) is 1.71. The largest absolute Gasteiger partial charge is 0.329 e. The zero-order valence-electron chi connectivity index (χ0n) is 5.85. The highest BCUT2D eigenvalue weighted by atomic mass is 16.1. The van der Waals surface area contributed by atoms with Gasteiger partial charge in [0.1, 0.15) is 0 Å². The number of aromatic nitrogens is 1. The molecule has 0 amide bonds. The third-order valence-corrected chi connectivity index (χ3v) is 1.28. The van der Waals surface area contributed by atoms with Crippen molar-refractivity contribution >= 4 is 5.57 Å². The van der Waals surface area contributed by atoms with Crippen LogP contribution in [-0.2, 0) is 0 Å². The molecule has 2 nitrogen and oxygen atoms in total. The van der Waals surface area contributed by atoms with Crippen LogP contribution in [0.2, 0.25) is 0 Å². The summed E-state index contributed by atoms with van der Waals surface area (Å²) >= 11 is 0. The van der Waals surface area contributed by atoms with Crippen LogP contribution in [0, 0.1) is 0 Å². The number of pyridine rings is 1. The van der Waals surface area contributed by atoms with Gasteiger partial charge in [0.2, 0.25) is 5.56 Å². The predicted octanol–water partition coefficient (Wildman–Crippen LogP) is 1.65. The van der Waals surface area contributed by atoms with Crippen molar-refractivity contribution in [3.63, 3.8) is 0 Å². The lowest BCUT2D eigenvalue weighted by atomic mass is 10.2. The van der Waals surface area contributed by atoms with Crippen LogP contribution in [-0.4, -0.2) is 4.98 Å². The van der Waals surface area contributed by atoms with E-state index >= 15 is 0 Å². The monoisotopic (exact) mass is 137 g/mol. The second-order valence-electron chi connectivity index (χ2n) is 2.22. The quantitative estimate of drug-likeness (QED) is 0.627. The first-order valence-electron chi connectivity index (χ1n) is 3.05. The van der Waals surface area contributed by atoms with Gasteiger partial charge in [0.25, 0.3) is 0 Å². The SMILES string of the molecule is C=C(C)c1ccc(=O)[nH]c1.[HH]. The van der Waals surface area contributed by atoms with Gasteiger partial charge in [-0.05, 0) is 24.1 Å². The number of nitrogens with one attached hydrogen (secondary N) is 1. The van der Waals surface area contributed by atoms with Crippen molar-refractivity contribution in [3.05, 3.63) is 40.8 Å². The first-order chi connectivity index (χ1) is 4.70. The fourth-order valence-electron chi connectivity index (χ4n) is 0.676. The van der Waals surface area contributed by atoms with Crippen molar-refractivity contribution in [1.29, 1.82) is 0 Å². The molecule has 0 aliphatic heterocycles. The van der Waals surface area contributed by atoms with E-state index in [0.29, 0.717) is 0 Å². The molecule has 0 atom stereocenters. The number of rotatable bonds is 1. The Labute approximate surface area is 60.7 Å². The van der Waals surface area contributed by atoms with Crippen LogP contribution in [0.25, 0.3) is 5.57 Å². The minimum atomic E-state index is -0.0787. The van der Waals surface area contributed by atoms with Crippen LogP contribution in [0.5, 0.6) is 0 Å². The summed E-state index contributed by atoms with van der Waals surface area (Å²) in [6.07, 6.45) is 1.66. The third kappa shape index (κ3) is 1.35. The maximum Gasteiger partial charge on any atom is 0.247 e. The van der Waals surface area contributed by atoms with E-state index in [4.69, 9.17) is 0 Å². The van der Waals surface area contributed by atoms with Gasteiger partial charge >= 0.3 is 0 Å². The molecule has 0 saturated carbocycles. The van der Waals surface area contributed by atoms with Crippen LogP contribution >= 0.6 is 0 Å². The summed E-state index contributed by atoms with van der Waals surface area (Å²) in [7, 11) is 0. The van der Waals surface area contributed by atoms with Crippen molar-refractivity contribution in [1.82, 2.24) is 4.98 Å². The van der Waals surface area contributed by atoms with Gasteiger partial charge in [-0.25, -0.2) is 0 Å². The molecule has 1 rings (SSSR count). The summed E-state index contributed by atoms with van der Waals surface area (Å²) in [6.45, 7) is 5.63. The first-order valence-corrected chi connectivity index (χ1v) is 3.05. The lowest BCUT2D eigenvalue weighted by Crippen LogP contribution is -2.01. The van der Waals surface area contributed by atoms with Gasteiger partial charge in [-0.3, -0.25) is 4.79 Å². The molecule has 1 aromatic rings. The Hall–Kier alpha value is -1.31. The number of H-pyrrole nitrogens is 1. The van der Waals surface area contributed by atoms with Gasteiger partial charge in [-0.2, -0.15) is 0 Å². The smallest absolute Gasteiger partial charge is 0.247 e. The lowest BCUT2D eigenvalue weighted by molar-refractivity contribution is 1.22. The summed E-state index contributed by atoms with van der Waals surface area (Å²) in [6, 6.07) is 3.24. The van der Waals surface area contributed by atoms with E-state index in [1.807, 2.05) is 6.92 Å². The molecule has 0 spiro atoms. The summed E-state index contributed by atoms with van der Waals surface area (Å²) < 4.78 is 0. The van der Waals surface area contributed by atoms with E-state index in [1.54, 1.807) is 12.3 Å². The number of allylic oxidation sites excluding steroid dienone is 1. The summed E-state index contributed by atoms with van der Waals surface area (Å²) in [4.78, 5) is 13.1. The average molecular weight is 137 g/mol. The maximum absolute atomic E-state index is 10.6. The fraction of sp³-hybridized carbons (Fsp3) is 0.125. The van der Waals surface area contributed by atoms with Gasteiger partial charge in [0.05, 0.1) is 0 Å². The maximum atomic E-state index is 10.6. The standard InChI is InChI=1S/C8H9NO.H2/c1-6(2)7-3-4-8(10)9-5-7;/h3-5H,1H2,2H3,(H,9,10);1H. The highest BCUT2D eigenvalue weighted by Crippen LogP contribution is 2.05. The van der Waals surface area contributed by atoms with Crippen LogP contribution in [0.3, 0.4) is 0 Å². The Morgan fingerprint density at radius 1 is 1.70 bits per heavy atom. The highest BCUT2D eigenvalue weighted by Gasteiger charge is 1.89. The molecular weight excluding hydrogens is 126 g/mol. The molecule has 0 aliphatic rings. The van der Waals surface area contributed by atoms with Crippen molar-refractivity contribution in [3.8, 4) is 0 Å². The molecule has 0 fully saturated rings. The Morgan fingerprint density at radius 3 is 2.80 bits per heavy atom. The molecule has 10 heavy (non-hydrogen) atoms. The van der Waals surface area contributed by atoms with E-state index in [1.165, 1.54) is 6.07 Å². The van der Waals surface area contributed by atoms with Crippen LogP contribution < -0.4 is 5.56 Å². The molecule has 1 aromatic heterocycles. The second kappa shape index (κ2) is 2.52. The molecule has 0 radical (unpaired) electrons. The lowest BCUT2D eigenvalue weighted by Gasteiger charge is -1.94. The zero-order valence-corrected chi connectivity index (χ0v) is 5.85. The molecule has 1 N–H and O–H groups in total. The third-order valence-electron chi connectivity index (χ3n) is 1.28. The van der Waals surface area contributed by atoms with Gasteiger partial charge < -0.3 is 4.98 Å². The molecule has 54 valence electrons. The van der Waals surface area contributed by atoms with Gasteiger partial charge in [-0.15, -0.1) is 0 Å². The van der Waals surface area contributed by atoms with Gasteiger partial charge in [0, 0.05) is 13.7 Å². The van der Waals surface area contributed by atoms with E-state index in [2.05, 4.69) is 11.6 Å². The van der Waals surface area contributed by atoms with Crippen molar-refractivity contribution in [2.75, 3.05) is 0 Å². The summed E-state index contributed by atoms with van der Waals surface area (Å²) in [5, 5.41) is 0. The zero-order chi connectivity index (χ0) is 7.56. The molecule has 1 heterocycles. The number of aromatic amines is 1.